The second-order valence-corrected chi connectivity index (χ2v) is 5.62. The number of hydrogen-bond donors (Lipinski definition) is 1. The Hall–Kier alpha value is -1.61. The van der Waals surface area contributed by atoms with Crippen LogP contribution in [0, 0.1) is 13.8 Å². The summed E-state index contributed by atoms with van der Waals surface area (Å²) in [5.74, 6) is 1.66. The highest BCUT2D eigenvalue weighted by Crippen LogP contribution is 2.26. The molecule has 0 amide bonds. The predicted molar refractivity (Wildman–Crippen MR) is 90.1 cm³/mol. The van der Waals surface area contributed by atoms with Gasteiger partial charge in [0.2, 0.25) is 0 Å². The molecule has 112 valence electrons. The van der Waals surface area contributed by atoms with Crippen molar-refractivity contribution in [1.82, 2.24) is 9.97 Å². The zero-order chi connectivity index (χ0) is 15.4. The van der Waals surface area contributed by atoms with Crippen molar-refractivity contribution in [1.29, 1.82) is 0 Å². The SMILES string of the molecule is CCCNc1nc(-c2ccc(C)c(Cl)c2)nc(CC)c1C. The molecule has 0 aliphatic rings. The Labute approximate surface area is 131 Å². The molecule has 0 atom stereocenters. The van der Waals surface area contributed by atoms with Crippen LogP contribution in [0.15, 0.2) is 18.2 Å². The third-order valence-corrected chi connectivity index (χ3v) is 3.96. The first-order valence-corrected chi connectivity index (χ1v) is 7.82. The highest BCUT2D eigenvalue weighted by atomic mass is 35.5. The summed E-state index contributed by atoms with van der Waals surface area (Å²) in [4.78, 5) is 9.37. The molecule has 0 aliphatic heterocycles. The van der Waals surface area contributed by atoms with Crippen LogP contribution in [0.3, 0.4) is 0 Å². The molecule has 0 bridgehead atoms. The lowest BCUT2D eigenvalue weighted by Crippen LogP contribution is -2.08. The van der Waals surface area contributed by atoms with Crippen molar-refractivity contribution >= 4 is 17.4 Å². The molecular formula is C17H22ClN3. The van der Waals surface area contributed by atoms with Crippen LogP contribution in [0.1, 0.15) is 37.1 Å². The van der Waals surface area contributed by atoms with Crippen LogP contribution in [0.25, 0.3) is 11.4 Å². The quantitative estimate of drug-likeness (QED) is 0.862. The zero-order valence-electron chi connectivity index (χ0n) is 13.1. The van der Waals surface area contributed by atoms with Crippen molar-refractivity contribution in [2.45, 2.75) is 40.5 Å². The number of anilines is 1. The number of hydrogen-bond acceptors (Lipinski definition) is 3. The van der Waals surface area contributed by atoms with Gasteiger partial charge in [-0.05, 0) is 38.3 Å². The van der Waals surface area contributed by atoms with Gasteiger partial charge in [-0.25, -0.2) is 9.97 Å². The fraction of sp³-hybridized carbons (Fsp3) is 0.412. The maximum atomic E-state index is 6.22. The summed E-state index contributed by atoms with van der Waals surface area (Å²) in [6.45, 7) is 9.24. The van der Waals surface area contributed by atoms with Gasteiger partial charge in [0, 0.05) is 28.4 Å². The Morgan fingerprint density at radius 2 is 1.90 bits per heavy atom. The van der Waals surface area contributed by atoms with Crippen LogP contribution in [0.2, 0.25) is 5.02 Å². The van der Waals surface area contributed by atoms with Gasteiger partial charge < -0.3 is 5.32 Å². The molecule has 2 rings (SSSR count). The van der Waals surface area contributed by atoms with E-state index >= 15 is 0 Å². The van der Waals surface area contributed by atoms with E-state index in [1.54, 1.807) is 0 Å². The normalized spacial score (nSPS) is 10.7. The van der Waals surface area contributed by atoms with Gasteiger partial charge in [0.05, 0.1) is 0 Å². The van der Waals surface area contributed by atoms with Crippen molar-refractivity contribution in [2.75, 3.05) is 11.9 Å². The van der Waals surface area contributed by atoms with Crippen molar-refractivity contribution in [3.63, 3.8) is 0 Å². The second-order valence-electron chi connectivity index (χ2n) is 5.21. The van der Waals surface area contributed by atoms with E-state index in [0.717, 1.165) is 58.4 Å². The molecule has 1 heterocycles. The van der Waals surface area contributed by atoms with Crippen LogP contribution in [0.4, 0.5) is 5.82 Å². The summed E-state index contributed by atoms with van der Waals surface area (Å²) in [5, 5.41) is 4.14. The van der Waals surface area contributed by atoms with Gasteiger partial charge in [0.25, 0.3) is 0 Å². The van der Waals surface area contributed by atoms with Gasteiger partial charge in [0.1, 0.15) is 5.82 Å². The van der Waals surface area contributed by atoms with E-state index < -0.39 is 0 Å². The Kier molecular flexibility index (Phi) is 5.18. The summed E-state index contributed by atoms with van der Waals surface area (Å²) in [7, 11) is 0. The molecule has 0 saturated carbocycles. The van der Waals surface area contributed by atoms with Crippen molar-refractivity contribution in [3.05, 3.63) is 40.0 Å². The fourth-order valence-electron chi connectivity index (χ4n) is 2.18. The van der Waals surface area contributed by atoms with Gasteiger partial charge >= 0.3 is 0 Å². The molecule has 1 N–H and O–H groups in total. The summed E-state index contributed by atoms with van der Waals surface area (Å²) < 4.78 is 0. The second kappa shape index (κ2) is 6.90. The van der Waals surface area contributed by atoms with E-state index in [1.165, 1.54) is 0 Å². The molecule has 4 heteroatoms. The minimum absolute atomic E-state index is 0.734. The fourth-order valence-corrected chi connectivity index (χ4v) is 2.36. The van der Waals surface area contributed by atoms with E-state index in [9.17, 15) is 0 Å². The topological polar surface area (TPSA) is 37.8 Å². The lowest BCUT2D eigenvalue weighted by atomic mass is 10.1. The smallest absolute Gasteiger partial charge is 0.161 e. The van der Waals surface area contributed by atoms with Gasteiger partial charge in [-0.3, -0.25) is 0 Å². The molecule has 3 nitrogen and oxygen atoms in total. The Balaban J connectivity index is 2.49. The maximum absolute atomic E-state index is 6.22. The highest BCUT2D eigenvalue weighted by Gasteiger charge is 2.11. The Morgan fingerprint density at radius 3 is 2.52 bits per heavy atom. The number of aromatic nitrogens is 2. The van der Waals surface area contributed by atoms with E-state index in [-0.39, 0.29) is 0 Å². The molecule has 0 unspecified atom stereocenters. The first-order valence-electron chi connectivity index (χ1n) is 7.44. The first-order chi connectivity index (χ1) is 10.1. The molecule has 0 aliphatic carbocycles. The minimum atomic E-state index is 0.734. The van der Waals surface area contributed by atoms with Gasteiger partial charge in [-0.1, -0.05) is 37.6 Å². The molecule has 0 spiro atoms. The number of rotatable bonds is 5. The Morgan fingerprint density at radius 1 is 1.14 bits per heavy atom. The number of aryl methyl sites for hydroxylation is 2. The van der Waals surface area contributed by atoms with Crippen LogP contribution in [-0.4, -0.2) is 16.5 Å². The van der Waals surface area contributed by atoms with Crippen LogP contribution >= 0.6 is 11.6 Å². The molecule has 21 heavy (non-hydrogen) atoms. The molecule has 0 saturated heterocycles. The molecule has 0 fully saturated rings. The first kappa shape index (κ1) is 15.8. The number of nitrogens with zero attached hydrogens (tertiary/aromatic N) is 2. The standard InChI is InChI=1S/C17H22ClN3/c1-5-9-19-16-12(4)15(6-2)20-17(21-16)13-8-7-11(3)14(18)10-13/h7-8,10H,5-6,9H2,1-4H3,(H,19,20,21). The summed E-state index contributed by atoms with van der Waals surface area (Å²) in [6, 6.07) is 5.96. The van der Waals surface area contributed by atoms with Gasteiger partial charge in [-0.2, -0.15) is 0 Å². The maximum Gasteiger partial charge on any atom is 0.161 e. The minimum Gasteiger partial charge on any atom is -0.370 e. The summed E-state index contributed by atoms with van der Waals surface area (Å²) >= 11 is 6.22. The number of halogens is 1. The van der Waals surface area contributed by atoms with E-state index in [1.807, 2.05) is 25.1 Å². The largest absolute Gasteiger partial charge is 0.370 e. The zero-order valence-corrected chi connectivity index (χ0v) is 13.9. The van der Waals surface area contributed by atoms with Crippen LogP contribution in [0.5, 0.6) is 0 Å². The van der Waals surface area contributed by atoms with Gasteiger partial charge in [0.15, 0.2) is 5.82 Å². The summed E-state index contributed by atoms with van der Waals surface area (Å²) in [6.07, 6.45) is 1.96. The van der Waals surface area contributed by atoms with Gasteiger partial charge in [-0.15, -0.1) is 0 Å². The predicted octanol–water partition coefficient (Wildman–Crippen LogP) is 4.80. The highest BCUT2D eigenvalue weighted by molar-refractivity contribution is 6.31. The molecule has 1 aromatic heterocycles. The molecular weight excluding hydrogens is 282 g/mol. The average molecular weight is 304 g/mol. The molecule has 2 aromatic rings. The third kappa shape index (κ3) is 3.53. The van der Waals surface area contributed by atoms with Crippen molar-refractivity contribution in [3.8, 4) is 11.4 Å². The van der Waals surface area contributed by atoms with E-state index in [2.05, 4.69) is 31.1 Å². The molecule has 0 radical (unpaired) electrons. The van der Waals surface area contributed by atoms with Crippen LogP contribution < -0.4 is 5.32 Å². The van der Waals surface area contributed by atoms with E-state index in [4.69, 9.17) is 16.6 Å². The monoisotopic (exact) mass is 303 g/mol. The van der Waals surface area contributed by atoms with Crippen LogP contribution in [-0.2, 0) is 6.42 Å². The number of benzene rings is 1. The Bertz CT molecular complexity index is 638. The summed E-state index contributed by atoms with van der Waals surface area (Å²) in [5.41, 5.74) is 4.23. The molecule has 1 aromatic carbocycles. The van der Waals surface area contributed by atoms with Crippen molar-refractivity contribution < 1.29 is 0 Å². The lowest BCUT2D eigenvalue weighted by molar-refractivity contribution is 0.936. The van der Waals surface area contributed by atoms with E-state index in [0.29, 0.717) is 0 Å². The van der Waals surface area contributed by atoms with Crippen molar-refractivity contribution in [2.24, 2.45) is 0 Å². The average Bonchev–Trinajstić information content (AvgIpc) is 2.49. The number of nitrogens with one attached hydrogen (secondary N) is 1. The lowest BCUT2D eigenvalue weighted by Gasteiger charge is -2.13. The third-order valence-electron chi connectivity index (χ3n) is 3.55.